The molecule has 0 aromatic carbocycles. The van der Waals surface area contributed by atoms with Crippen molar-refractivity contribution in [3.05, 3.63) is 16.3 Å². The third-order valence-electron chi connectivity index (χ3n) is 1.70. The zero-order valence-corrected chi connectivity index (χ0v) is 9.44. The largest absolute Gasteiger partial charge is 0.410 e. The van der Waals surface area contributed by atoms with Gasteiger partial charge in [0, 0.05) is 10.7 Å². The molecule has 0 saturated carbocycles. The summed E-state index contributed by atoms with van der Waals surface area (Å²) in [5, 5.41) is 22.5. The van der Waals surface area contributed by atoms with Crippen molar-refractivity contribution in [2.24, 2.45) is 0 Å². The number of hydrogen-bond acceptors (Lipinski definition) is 6. The standard InChI is InChI=1S/C6H5ClN4O4S/c1-4(2-8)10-3-5(16(7,14)15)6(9-10)11(12)13/h3-4H,1H3. The highest BCUT2D eigenvalue weighted by Gasteiger charge is 2.31. The van der Waals surface area contributed by atoms with Gasteiger partial charge in [0.15, 0.2) is 6.04 Å². The molecule has 10 heteroatoms. The highest BCUT2D eigenvalue weighted by Crippen LogP contribution is 2.26. The molecular weight excluding hydrogens is 260 g/mol. The summed E-state index contributed by atoms with van der Waals surface area (Å²) in [6.45, 7) is 1.40. The van der Waals surface area contributed by atoms with Gasteiger partial charge < -0.3 is 10.1 Å². The van der Waals surface area contributed by atoms with Gasteiger partial charge in [-0.25, -0.2) is 8.42 Å². The fourth-order valence-corrected chi connectivity index (χ4v) is 1.82. The molecule has 86 valence electrons. The average Bonchev–Trinajstić information content (AvgIpc) is 2.60. The average molecular weight is 265 g/mol. The normalized spacial score (nSPS) is 13.1. The van der Waals surface area contributed by atoms with Crippen LogP contribution in [0.25, 0.3) is 0 Å². The molecule has 0 bridgehead atoms. The van der Waals surface area contributed by atoms with Crippen LogP contribution in [0.2, 0.25) is 0 Å². The second kappa shape index (κ2) is 4.07. The second-order valence-electron chi connectivity index (χ2n) is 2.80. The molecule has 0 spiro atoms. The van der Waals surface area contributed by atoms with E-state index in [1.165, 1.54) is 6.92 Å². The minimum atomic E-state index is -4.26. The first-order chi connectivity index (χ1) is 7.27. The van der Waals surface area contributed by atoms with E-state index in [1.807, 2.05) is 0 Å². The van der Waals surface area contributed by atoms with Gasteiger partial charge >= 0.3 is 5.82 Å². The molecular formula is C6H5ClN4O4S. The lowest BCUT2D eigenvalue weighted by Crippen LogP contribution is -2.03. The van der Waals surface area contributed by atoms with Crippen LogP contribution in [0.1, 0.15) is 13.0 Å². The van der Waals surface area contributed by atoms with Gasteiger partial charge in [-0.05, 0) is 11.8 Å². The molecule has 0 amide bonds. The Morgan fingerprint density at radius 2 is 2.31 bits per heavy atom. The third-order valence-corrected chi connectivity index (χ3v) is 3.01. The lowest BCUT2D eigenvalue weighted by molar-refractivity contribution is -0.392. The number of nitrogens with zero attached hydrogens (tertiary/aromatic N) is 4. The van der Waals surface area contributed by atoms with Gasteiger partial charge in [0.1, 0.15) is 0 Å². The predicted octanol–water partition coefficient (Wildman–Crippen LogP) is 0.803. The van der Waals surface area contributed by atoms with Crippen molar-refractivity contribution in [1.82, 2.24) is 9.78 Å². The summed E-state index contributed by atoms with van der Waals surface area (Å²) in [5.74, 6) is -0.892. The van der Waals surface area contributed by atoms with Crippen molar-refractivity contribution < 1.29 is 13.3 Å². The van der Waals surface area contributed by atoms with E-state index in [1.54, 1.807) is 6.07 Å². The molecule has 0 aliphatic rings. The number of nitriles is 1. The van der Waals surface area contributed by atoms with E-state index in [0.717, 1.165) is 10.9 Å². The van der Waals surface area contributed by atoms with E-state index in [0.29, 0.717) is 0 Å². The van der Waals surface area contributed by atoms with Crippen LogP contribution in [0, 0.1) is 21.4 Å². The van der Waals surface area contributed by atoms with Crippen molar-refractivity contribution in [2.45, 2.75) is 17.9 Å². The minimum absolute atomic E-state index is 0.721. The van der Waals surface area contributed by atoms with E-state index >= 15 is 0 Å². The van der Waals surface area contributed by atoms with Gasteiger partial charge in [-0.1, -0.05) is 0 Å². The maximum atomic E-state index is 11.0. The highest BCUT2D eigenvalue weighted by molar-refractivity contribution is 8.13. The van der Waals surface area contributed by atoms with Gasteiger partial charge in [0.05, 0.1) is 17.4 Å². The molecule has 8 nitrogen and oxygen atoms in total. The Kier molecular flexibility index (Phi) is 3.16. The molecule has 0 aliphatic heterocycles. The first kappa shape index (κ1) is 12.4. The van der Waals surface area contributed by atoms with E-state index in [9.17, 15) is 18.5 Å². The maximum Gasteiger partial charge on any atom is 0.410 e. The number of hydrogen-bond donors (Lipinski definition) is 0. The summed E-state index contributed by atoms with van der Waals surface area (Å²) in [7, 11) is 0.739. The molecule has 0 aliphatic carbocycles. The van der Waals surface area contributed by atoms with Crippen LogP contribution in [-0.2, 0) is 9.05 Å². The topological polar surface area (TPSA) is 119 Å². The Morgan fingerprint density at radius 1 is 1.75 bits per heavy atom. The Balaban J connectivity index is 3.45. The molecule has 0 radical (unpaired) electrons. The van der Waals surface area contributed by atoms with Crippen molar-refractivity contribution in [2.75, 3.05) is 0 Å². The number of aromatic nitrogens is 2. The van der Waals surface area contributed by atoms with E-state index in [4.69, 9.17) is 15.9 Å². The van der Waals surface area contributed by atoms with Crippen LogP contribution in [0.3, 0.4) is 0 Å². The SMILES string of the molecule is CC(C#N)n1cc(S(=O)(=O)Cl)c([N+](=O)[O-])n1. The molecule has 1 rings (SSSR count). The first-order valence-electron chi connectivity index (χ1n) is 3.85. The monoisotopic (exact) mass is 264 g/mol. The summed E-state index contributed by atoms with van der Waals surface area (Å²) in [6, 6.07) is 0.924. The summed E-state index contributed by atoms with van der Waals surface area (Å²) < 4.78 is 22.9. The second-order valence-corrected chi connectivity index (χ2v) is 5.33. The van der Waals surface area contributed by atoms with Crippen molar-refractivity contribution in [3.63, 3.8) is 0 Å². The van der Waals surface area contributed by atoms with Crippen molar-refractivity contribution >= 4 is 25.6 Å². The zero-order chi connectivity index (χ0) is 12.5. The van der Waals surface area contributed by atoms with E-state index in [2.05, 4.69) is 5.10 Å². The smallest absolute Gasteiger partial charge is 0.358 e. The van der Waals surface area contributed by atoms with Crippen LogP contribution in [0.15, 0.2) is 11.1 Å². The molecule has 1 aromatic rings. The van der Waals surface area contributed by atoms with Gasteiger partial charge in [0.2, 0.25) is 4.90 Å². The molecule has 0 fully saturated rings. The Hall–Kier alpha value is -1.66. The summed E-state index contributed by atoms with van der Waals surface area (Å²) in [5.41, 5.74) is 0. The fourth-order valence-electron chi connectivity index (χ4n) is 0.921. The van der Waals surface area contributed by atoms with E-state index < -0.39 is 30.7 Å². The third kappa shape index (κ3) is 2.29. The summed E-state index contributed by atoms with van der Waals surface area (Å²) >= 11 is 0. The van der Waals surface area contributed by atoms with Crippen LogP contribution in [0.4, 0.5) is 5.82 Å². The zero-order valence-electron chi connectivity index (χ0n) is 7.86. The number of rotatable bonds is 3. The van der Waals surface area contributed by atoms with Crippen molar-refractivity contribution in [3.8, 4) is 6.07 Å². The molecule has 1 aromatic heterocycles. The molecule has 16 heavy (non-hydrogen) atoms. The lowest BCUT2D eigenvalue weighted by Gasteiger charge is -1.93. The minimum Gasteiger partial charge on any atom is -0.358 e. The maximum absolute atomic E-state index is 11.0. The number of nitro groups is 1. The number of halogens is 1. The lowest BCUT2D eigenvalue weighted by atomic mass is 10.4. The van der Waals surface area contributed by atoms with Crippen LogP contribution in [0.5, 0.6) is 0 Å². The van der Waals surface area contributed by atoms with Crippen LogP contribution in [-0.4, -0.2) is 23.1 Å². The van der Waals surface area contributed by atoms with Crippen LogP contribution >= 0.6 is 10.7 Å². The highest BCUT2D eigenvalue weighted by atomic mass is 35.7. The van der Waals surface area contributed by atoms with Crippen LogP contribution < -0.4 is 0 Å². The molecule has 0 saturated heterocycles. The predicted molar refractivity (Wildman–Crippen MR) is 52.2 cm³/mol. The Bertz CT molecular complexity index is 572. The summed E-state index contributed by atoms with van der Waals surface area (Å²) in [4.78, 5) is 8.82. The van der Waals surface area contributed by atoms with Gasteiger partial charge in [-0.3, -0.25) is 0 Å². The molecule has 1 atom stereocenters. The van der Waals surface area contributed by atoms with Gasteiger partial charge in [0.25, 0.3) is 9.05 Å². The molecule has 1 unspecified atom stereocenters. The Morgan fingerprint density at radius 3 is 2.62 bits per heavy atom. The van der Waals surface area contributed by atoms with Gasteiger partial charge in [-0.15, -0.1) is 0 Å². The fraction of sp³-hybridized carbons (Fsp3) is 0.333. The molecule has 0 N–H and O–H groups in total. The quantitative estimate of drug-likeness (QED) is 0.452. The van der Waals surface area contributed by atoms with Crippen molar-refractivity contribution in [1.29, 1.82) is 5.26 Å². The Labute approximate surface area is 94.6 Å². The summed E-state index contributed by atoms with van der Waals surface area (Å²) in [6.07, 6.45) is 0.856. The molecule has 1 heterocycles. The first-order valence-corrected chi connectivity index (χ1v) is 6.16. The van der Waals surface area contributed by atoms with Gasteiger partial charge in [-0.2, -0.15) is 9.94 Å². The van der Waals surface area contributed by atoms with E-state index in [-0.39, 0.29) is 0 Å².